The quantitative estimate of drug-likeness (QED) is 0.773. The molecule has 0 fully saturated rings. The molecule has 0 bridgehead atoms. The molecule has 0 saturated carbocycles. The molecule has 0 aliphatic rings. The second-order valence-electron chi connectivity index (χ2n) is 4.80. The summed E-state index contributed by atoms with van der Waals surface area (Å²) in [4.78, 5) is 25.9. The molecule has 0 aliphatic carbocycles. The van der Waals surface area contributed by atoms with E-state index in [0.29, 0.717) is 5.56 Å². The minimum atomic E-state index is -1.26. The van der Waals surface area contributed by atoms with Gasteiger partial charge < -0.3 is 10.2 Å². The second kappa shape index (κ2) is 5.29. The van der Waals surface area contributed by atoms with Gasteiger partial charge in [0.05, 0.1) is 0 Å². The zero-order valence-electron chi connectivity index (χ0n) is 11.4. The van der Waals surface area contributed by atoms with E-state index in [1.54, 1.807) is 0 Å². The van der Waals surface area contributed by atoms with Gasteiger partial charge >= 0.3 is 11.9 Å². The number of hydrogen-bond acceptors (Lipinski definition) is 3. The third-order valence-corrected chi connectivity index (χ3v) is 3.35. The van der Waals surface area contributed by atoms with Crippen molar-refractivity contribution in [2.75, 3.05) is 0 Å². The van der Waals surface area contributed by atoms with Crippen LogP contribution >= 0.6 is 0 Å². The van der Waals surface area contributed by atoms with E-state index < -0.39 is 11.9 Å². The smallest absolute Gasteiger partial charge is 0.354 e. The number of carboxylic acid groups (broad SMARTS) is 2. The van der Waals surface area contributed by atoms with E-state index in [2.05, 4.69) is 4.98 Å². The molecule has 2 aromatic carbocycles. The summed E-state index contributed by atoms with van der Waals surface area (Å²) in [6, 6.07) is 16.1. The van der Waals surface area contributed by atoms with Crippen LogP contribution in [0.2, 0.25) is 0 Å². The third-order valence-electron chi connectivity index (χ3n) is 3.35. The van der Waals surface area contributed by atoms with Crippen molar-refractivity contribution in [1.29, 1.82) is 0 Å². The van der Waals surface area contributed by atoms with Gasteiger partial charge in [-0.05, 0) is 40.1 Å². The topological polar surface area (TPSA) is 87.5 Å². The lowest BCUT2D eigenvalue weighted by Gasteiger charge is -2.06. The second-order valence-corrected chi connectivity index (χ2v) is 4.80. The van der Waals surface area contributed by atoms with Crippen molar-refractivity contribution in [3.63, 3.8) is 0 Å². The normalized spacial score (nSPS) is 10.5. The molecule has 0 spiro atoms. The maximum Gasteiger partial charge on any atom is 0.354 e. The summed E-state index contributed by atoms with van der Waals surface area (Å²) in [6.45, 7) is 0. The molecule has 22 heavy (non-hydrogen) atoms. The Morgan fingerprint density at radius 2 is 1.32 bits per heavy atom. The van der Waals surface area contributed by atoms with Crippen molar-refractivity contribution >= 4 is 22.7 Å². The van der Waals surface area contributed by atoms with Gasteiger partial charge in [-0.2, -0.15) is 0 Å². The molecule has 0 unspecified atom stereocenters. The maximum absolute atomic E-state index is 11.1. The number of nitrogens with zero attached hydrogens (tertiary/aromatic N) is 1. The number of rotatable bonds is 3. The number of carboxylic acids is 2. The first-order valence-corrected chi connectivity index (χ1v) is 6.52. The van der Waals surface area contributed by atoms with Gasteiger partial charge in [0, 0.05) is 0 Å². The lowest BCUT2D eigenvalue weighted by molar-refractivity contribution is 0.0685. The van der Waals surface area contributed by atoms with Crippen LogP contribution in [-0.2, 0) is 0 Å². The maximum atomic E-state index is 11.1. The van der Waals surface area contributed by atoms with Crippen molar-refractivity contribution < 1.29 is 19.8 Å². The van der Waals surface area contributed by atoms with Gasteiger partial charge in [0.25, 0.3) is 0 Å². The average Bonchev–Trinajstić information content (AvgIpc) is 2.53. The average molecular weight is 293 g/mol. The fourth-order valence-electron chi connectivity index (χ4n) is 2.29. The lowest BCUT2D eigenvalue weighted by Crippen LogP contribution is -2.07. The molecule has 0 amide bonds. The zero-order valence-corrected chi connectivity index (χ0v) is 11.4. The van der Waals surface area contributed by atoms with E-state index in [9.17, 15) is 9.59 Å². The number of pyridine rings is 1. The minimum absolute atomic E-state index is 0.289. The number of carbonyl (C=O) groups is 2. The summed E-state index contributed by atoms with van der Waals surface area (Å²) in [6.07, 6.45) is 0. The molecule has 0 aliphatic heterocycles. The van der Waals surface area contributed by atoms with E-state index in [-0.39, 0.29) is 11.4 Å². The predicted octanol–water partition coefficient (Wildman–Crippen LogP) is 3.30. The molecule has 0 atom stereocenters. The standard InChI is InChI=1S/C17H11NO4/c19-16(20)14-8-13(9-15(18-14)17(21)22)12-6-5-10-3-1-2-4-11(10)7-12/h1-9H,(H,19,20)(H,21,22). The number of benzene rings is 2. The molecule has 3 aromatic rings. The molecule has 5 nitrogen and oxygen atoms in total. The fourth-order valence-corrected chi connectivity index (χ4v) is 2.29. The van der Waals surface area contributed by atoms with Gasteiger partial charge in [0.1, 0.15) is 11.4 Å². The Morgan fingerprint density at radius 3 is 1.91 bits per heavy atom. The van der Waals surface area contributed by atoms with E-state index in [4.69, 9.17) is 10.2 Å². The molecule has 2 N–H and O–H groups in total. The van der Waals surface area contributed by atoms with Gasteiger partial charge in [-0.1, -0.05) is 36.4 Å². The van der Waals surface area contributed by atoms with Gasteiger partial charge in [-0.25, -0.2) is 14.6 Å². The SMILES string of the molecule is O=C(O)c1cc(-c2ccc3ccccc3c2)cc(C(=O)O)n1. The van der Waals surface area contributed by atoms with Crippen LogP contribution in [0.1, 0.15) is 21.0 Å². The van der Waals surface area contributed by atoms with Crippen molar-refractivity contribution in [3.05, 3.63) is 66.0 Å². The van der Waals surface area contributed by atoms with Crippen LogP contribution in [0.15, 0.2) is 54.6 Å². The predicted molar refractivity (Wildman–Crippen MR) is 81.1 cm³/mol. The van der Waals surface area contributed by atoms with Crippen molar-refractivity contribution in [2.45, 2.75) is 0 Å². The van der Waals surface area contributed by atoms with Gasteiger partial charge in [-0.3, -0.25) is 0 Å². The van der Waals surface area contributed by atoms with Crippen LogP contribution in [0.25, 0.3) is 21.9 Å². The number of hydrogen-bond donors (Lipinski definition) is 2. The van der Waals surface area contributed by atoms with Crippen molar-refractivity contribution in [3.8, 4) is 11.1 Å². The molecular weight excluding hydrogens is 282 g/mol. The highest BCUT2D eigenvalue weighted by Gasteiger charge is 2.14. The molecule has 3 rings (SSSR count). The summed E-state index contributed by atoms with van der Waals surface area (Å²) in [5.41, 5.74) is 0.674. The highest BCUT2D eigenvalue weighted by Crippen LogP contribution is 2.25. The van der Waals surface area contributed by atoms with Crippen LogP contribution in [0, 0.1) is 0 Å². The Bertz CT molecular complexity index is 870. The lowest BCUT2D eigenvalue weighted by atomic mass is 10.0. The molecule has 0 saturated heterocycles. The van der Waals surface area contributed by atoms with E-state index >= 15 is 0 Å². The largest absolute Gasteiger partial charge is 0.477 e. The minimum Gasteiger partial charge on any atom is -0.477 e. The van der Waals surface area contributed by atoms with E-state index in [1.165, 1.54) is 12.1 Å². The number of aromatic nitrogens is 1. The summed E-state index contributed by atoms with van der Waals surface area (Å²) in [5.74, 6) is -2.52. The van der Waals surface area contributed by atoms with E-state index in [0.717, 1.165) is 16.3 Å². The van der Waals surface area contributed by atoms with Crippen LogP contribution in [0.5, 0.6) is 0 Å². The summed E-state index contributed by atoms with van der Waals surface area (Å²) < 4.78 is 0. The van der Waals surface area contributed by atoms with Crippen LogP contribution < -0.4 is 0 Å². The van der Waals surface area contributed by atoms with Crippen LogP contribution in [0.3, 0.4) is 0 Å². The molecule has 1 heterocycles. The molecule has 0 radical (unpaired) electrons. The fraction of sp³-hybridized carbons (Fsp3) is 0. The van der Waals surface area contributed by atoms with Crippen LogP contribution in [-0.4, -0.2) is 27.1 Å². The Morgan fingerprint density at radius 1 is 0.727 bits per heavy atom. The van der Waals surface area contributed by atoms with Gasteiger partial charge in [-0.15, -0.1) is 0 Å². The van der Waals surface area contributed by atoms with Crippen molar-refractivity contribution in [2.24, 2.45) is 0 Å². The van der Waals surface area contributed by atoms with Gasteiger partial charge in [0.15, 0.2) is 0 Å². The number of fused-ring (bicyclic) bond motifs is 1. The highest BCUT2D eigenvalue weighted by molar-refractivity contribution is 5.94. The van der Waals surface area contributed by atoms with Gasteiger partial charge in [0.2, 0.25) is 0 Å². The molecule has 5 heteroatoms. The van der Waals surface area contributed by atoms with Crippen molar-refractivity contribution in [1.82, 2.24) is 4.98 Å². The van der Waals surface area contributed by atoms with Crippen LogP contribution in [0.4, 0.5) is 0 Å². The highest BCUT2D eigenvalue weighted by atomic mass is 16.4. The zero-order chi connectivity index (χ0) is 15.7. The monoisotopic (exact) mass is 293 g/mol. The summed E-state index contributed by atoms with van der Waals surface area (Å²) in [5, 5.41) is 20.2. The molecule has 108 valence electrons. The van der Waals surface area contributed by atoms with E-state index in [1.807, 2.05) is 42.5 Å². The summed E-state index contributed by atoms with van der Waals surface area (Å²) in [7, 11) is 0. The first-order chi connectivity index (χ1) is 10.5. The third kappa shape index (κ3) is 2.52. The first kappa shape index (κ1) is 13.8. The molecular formula is C17H11NO4. The Kier molecular flexibility index (Phi) is 3.31. The Labute approximate surface area is 125 Å². The number of aromatic carboxylic acids is 2. The Balaban J connectivity index is 2.20. The molecule has 1 aromatic heterocycles. The summed E-state index contributed by atoms with van der Waals surface area (Å²) >= 11 is 0. The first-order valence-electron chi connectivity index (χ1n) is 6.52. The Hall–Kier alpha value is -3.21.